The van der Waals surface area contributed by atoms with Gasteiger partial charge in [-0.3, -0.25) is 0 Å². The van der Waals surface area contributed by atoms with Crippen LogP contribution < -0.4 is 0 Å². The molecular weight excluding hydrogens is 200 g/mol. The van der Waals surface area contributed by atoms with E-state index in [-0.39, 0.29) is 0 Å². The van der Waals surface area contributed by atoms with Crippen LogP contribution in [0.4, 0.5) is 0 Å². The first-order valence-electron chi connectivity index (χ1n) is 4.74. The van der Waals surface area contributed by atoms with Gasteiger partial charge in [-0.2, -0.15) is 0 Å². The van der Waals surface area contributed by atoms with Crippen molar-refractivity contribution in [3.8, 4) is 0 Å². The van der Waals surface area contributed by atoms with E-state index in [2.05, 4.69) is 36.2 Å². The highest BCUT2D eigenvalue weighted by Crippen LogP contribution is 2.10. The number of hydrogen-bond donors (Lipinski definition) is 0. The number of hydrogen-bond acceptors (Lipinski definition) is 0. The minimum absolute atomic E-state index is 0.591. The third-order valence-electron chi connectivity index (χ3n) is 1.80. The molecule has 0 aliphatic rings. The highest BCUT2D eigenvalue weighted by molar-refractivity contribution is 9.09. The van der Waals surface area contributed by atoms with Crippen LogP contribution in [0.15, 0.2) is 0 Å². The highest BCUT2D eigenvalue weighted by Gasteiger charge is 1.95. The van der Waals surface area contributed by atoms with Gasteiger partial charge in [-0.15, -0.1) is 0 Å². The fourth-order valence-electron chi connectivity index (χ4n) is 1.10. The second kappa shape index (κ2) is 8.58. The first kappa shape index (κ1) is 11.5. The topological polar surface area (TPSA) is 0 Å². The van der Waals surface area contributed by atoms with Gasteiger partial charge in [0.2, 0.25) is 0 Å². The molecule has 11 heavy (non-hydrogen) atoms. The molecule has 0 fully saturated rings. The van der Waals surface area contributed by atoms with Crippen molar-refractivity contribution in [1.29, 1.82) is 0 Å². The second-order valence-electron chi connectivity index (χ2n) is 3.12. The zero-order chi connectivity index (χ0) is 8.53. The van der Waals surface area contributed by atoms with Crippen LogP contribution in [0, 0.1) is 6.42 Å². The van der Waals surface area contributed by atoms with E-state index in [1.165, 1.54) is 38.5 Å². The third kappa shape index (κ3) is 10.5. The smallest absolute Gasteiger partial charge is 0.0148 e. The molecule has 0 spiro atoms. The van der Waals surface area contributed by atoms with Gasteiger partial charge in [0.15, 0.2) is 0 Å². The van der Waals surface area contributed by atoms with Crippen LogP contribution in [0.2, 0.25) is 0 Å². The van der Waals surface area contributed by atoms with Crippen LogP contribution in [-0.4, -0.2) is 4.83 Å². The number of halogens is 1. The maximum Gasteiger partial charge on any atom is 0.0148 e. The minimum atomic E-state index is 0.591. The molecular formula is C10H20Br. The summed E-state index contributed by atoms with van der Waals surface area (Å²) in [5, 5.41) is 0. The summed E-state index contributed by atoms with van der Waals surface area (Å²) in [5.41, 5.74) is 0. The molecule has 0 amide bonds. The van der Waals surface area contributed by atoms with Gasteiger partial charge in [-0.25, -0.2) is 0 Å². The van der Waals surface area contributed by atoms with Crippen molar-refractivity contribution in [2.75, 3.05) is 0 Å². The van der Waals surface area contributed by atoms with Gasteiger partial charge in [-0.1, -0.05) is 61.9 Å². The van der Waals surface area contributed by atoms with Gasteiger partial charge >= 0.3 is 0 Å². The van der Waals surface area contributed by atoms with Crippen LogP contribution in [0.5, 0.6) is 0 Å². The van der Waals surface area contributed by atoms with Crippen LogP contribution in [0.25, 0.3) is 0 Å². The summed E-state index contributed by atoms with van der Waals surface area (Å²) in [7, 11) is 0. The molecule has 1 radical (unpaired) electrons. The monoisotopic (exact) mass is 219 g/mol. The average molecular weight is 220 g/mol. The molecule has 1 unspecified atom stereocenters. The second-order valence-corrected chi connectivity index (χ2v) is 4.56. The normalized spacial score (nSPS) is 13.4. The molecule has 0 aliphatic carbocycles. The predicted octanol–water partition coefficient (Wildman–Crippen LogP) is 4.33. The lowest BCUT2D eigenvalue weighted by molar-refractivity contribution is 0.626. The first-order chi connectivity index (χ1) is 5.27. The Hall–Kier alpha value is 0.480. The van der Waals surface area contributed by atoms with E-state index in [1.807, 2.05) is 0 Å². The molecule has 0 aromatic heterocycles. The standard InChI is InChI=1S/C10H20Br/c1-3-4-5-6-7-8-9-10(2)11/h9-10H,3-8H2,1-2H3. The largest absolute Gasteiger partial charge is 0.0891 e. The van der Waals surface area contributed by atoms with E-state index in [9.17, 15) is 0 Å². The van der Waals surface area contributed by atoms with Crippen LogP contribution >= 0.6 is 15.9 Å². The SMILES string of the molecule is CCCCCCC[CH]C(C)Br. The summed E-state index contributed by atoms with van der Waals surface area (Å²) in [5.74, 6) is 0. The molecule has 0 saturated heterocycles. The lowest BCUT2D eigenvalue weighted by Crippen LogP contribution is -1.90. The van der Waals surface area contributed by atoms with Gasteiger partial charge in [0.25, 0.3) is 0 Å². The molecule has 0 nitrogen and oxygen atoms in total. The van der Waals surface area contributed by atoms with E-state index in [1.54, 1.807) is 0 Å². The van der Waals surface area contributed by atoms with E-state index in [0.29, 0.717) is 4.83 Å². The molecule has 0 aliphatic heterocycles. The fraction of sp³-hybridized carbons (Fsp3) is 0.900. The molecule has 0 heterocycles. The molecule has 0 aromatic carbocycles. The summed E-state index contributed by atoms with van der Waals surface area (Å²) in [6.07, 6.45) is 10.6. The minimum Gasteiger partial charge on any atom is -0.0891 e. The molecule has 1 atom stereocenters. The van der Waals surface area contributed by atoms with Crippen molar-refractivity contribution in [3.63, 3.8) is 0 Å². The summed E-state index contributed by atoms with van der Waals surface area (Å²) in [4.78, 5) is 0.591. The summed E-state index contributed by atoms with van der Waals surface area (Å²) in [6, 6.07) is 0. The molecule has 1 heteroatoms. The van der Waals surface area contributed by atoms with E-state index in [4.69, 9.17) is 0 Å². The van der Waals surface area contributed by atoms with Crippen molar-refractivity contribution in [2.45, 2.75) is 57.2 Å². The van der Waals surface area contributed by atoms with Crippen molar-refractivity contribution in [3.05, 3.63) is 6.42 Å². The fourth-order valence-corrected chi connectivity index (χ4v) is 1.36. The molecule has 0 rings (SSSR count). The van der Waals surface area contributed by atoms with E-state index >= 15 is 0 Å². The van der Waals surface area contributed by atoms with Crippen LogP contribution in [-0.2, 0) is 0 Å². The van der Waals surface area contributed by atoms with Crippen molar-refractivity contribution in [2.24, 2.45) is 0 Å². The van der Waals surface area contributed by atoms with Crippen LogP contribution in [0.1, 0.15) is 52.4 Å². The van der Waals surface area contributed by atoms with Crippen molar-refractivity contribution in [1.82, 2.24) is 0 Å². The molecule has 0 saturated carbocycles. The molecule has 0 aromatic rings. The Morgan fingerprint density at radius 1 is 1.18 bits per heavy atom. The van der Waals surface area contributed by atoms with Gasteiger partial charge in [0.05, 0.1) is 0 Å². The zero-order valence-electron chi connectivity index (χ0n) is 7.78. The first-order valence-corrected chi connectivity index (χ1v) is 5.66. The lowest BCUT2D eigenvalue weighted by Gasteiger charge is -2.01. The number of unbranched alkanes of at least 4 members (excludes halogenated alkanes) is 5. The zero-order valence-corrected chi connectivity index (χ0v) is 9.36. The summed E-state index contributed by atoms with van der Waals surface area (Å²) < 4.78 is 0. The average Bonchev–Trinajstić information content (AvgIpc) is 1.96. The van der Waals surface area contributed by atoms with Gasteiger partial charge in [-0.05, 0) is 12.8 Å². The molecule has 67 valence electrons. The Balaban J connectivity index is 2.80. The third-order valence-corrected chi connectivity index (χ3v) is 2.17. The maximum atomic E-state index is 3.50. The summed E-state index contributed by atoms with van der Waals surface area (Å²) in [6.45, 7) is 4.43. The van der Waals surface area contributed by atoms with Gasteiger partial charge in [0.1, 0.15) is 0 Å². The van der Waals surface area contributed by atoms with Crippen molar-refractivity contribution >= 4 is 15.9 Å². The Bertz CT molecular complexity index is 69.3. The Morgan fingerprint density at radius 3 is 2.36 bits per heavy atom. The Morgan fingerprint density at radius 2 is 1.82 bits per heavy atom. The molecule has 0 N–H and O–H groups in total. The number of alkyl halides is 1. The summed E-state index contributed by atoms with van der Waals surface area (Å²) >= 11 is 3.50. The van der Waals surface area contributed by atoms with Crippen LogP contribution in [0.3, 0.4) is 0 Å². The van der Waals surface area contributed by atoms with E-state index < -0.39 is 0 Å². The molecule has 0 bridgehead atoms. The number of rotatable bonds is 7. The van der Waals surface area contributed by atoms with Crippen molar-refractivity contribution < 1.29 is 0 Å². The highest BCUT2D eigenvalue weighted by atomic mass is 79.9. The van der Waals surface area contributed by atoms with E-state index in [0.717, 1.165) is 0 Å². The quantitative estimate of drug-likeness (QED) is 0.442. The Labute approximate surface area is 79.9 Å². The lowest BCUT2D eigenvalue weighted by atomic mass is 10.1. The maximum absolute atomic E-state index is 3.50. The predicted molar refractivity (Wildman–Crippen MR) is 56.1 cm³/mol. The Kier molecular flexibility index (Phi) is 8.95. The van der Waals surface area contributed by atoms with Gasteiger partial charge in [0, 0.05) is 4.83 Å². The van der Waals surface area contributed by atoms with Gasteiger partial charge < -0.3 is 0 Å².